The molecule has 1 heterocycles. The number of hydrogen-bond donors (Lipinski definition) is 1. The van der Waals surface area contributed by atoms with Crippen LogP contribution >= 0.6 is 23.2 Å². The highest BCUT2D eigenvalue weighted by Gasteiger charge is 2.54. The van der Waals surface area contributed by atoms with Gasteiger partial charge in [-0.25, -0.2) is 9.67 Å². The third-order valence-corrected chi connectivity index (χ3v) is 4.30. The molecule has 1 atom stereocenters. The first-order valence-electron chi connectivity index (χ1n) is 7.82. The monoisotopic (exact) mass is 436 g/mol. The van der Waals surface area contributed by atoms with Crippen LogP contribution in [0.3, 0.4) is 0 Å². The summed E-state index contributed by atoms with van der Waals surface area (Å²) >= 11 is 11.5. The molecule has 0 aliphatic carbocycles. The van der Waals surface area contributed by atoms with E-state index in [2.05, 4.69) is 16.0 Å². The van der Waals surface area contributed by atoms with Crippen molar-refractivity contribution in [2.24, 2.45) is 0 Å². The molecular weight excluding hydrogens is 428 g/mol. The second kappa shape index (κ2) is 7.76. The fourth-order valence-electron chi connectivity index (χ4n) is 2.47. The van der Waals surface area contributed by atoms with Crippen LogP contribution in [0.5, 0.6) is 0 Å². The van der Waals surface area contributed by atoms with E-state index in [0.717, 1.165) is 12.1 Å². The molecule has 0 aliphatic rings. The Hall–Kier alpha value is -3.04. The van der Waals surface area contributed by atoms with Crippen LogP contribution < -0.4 is 0 Å². The Morgan fingerprint density at radius 2 is 1.76 bits per heavy atom. The topological polar surface area (TPSA) is 74.7 Å². The van der Waals surface area contributed by atoms with E-state index in [9.17, 15) is 23.5 Å². The molecule has 3 rings (SSSR count). The van der Waals surface area contributed by atoms with Crippen molar-refractivity contribution in [3.05, 3.63) is 75.8 Å². The van der Waals surface area contributed by atoms with Crippen LogP contribution in [0.15, 0.2) is 49.1 Å². The number of alkyl halides is 3. The molecule has 0 spiro atoms. The minimum absolute atomic E-state index is 0.0825. The summed E-state index contributed by atoms with van der Waals surface area (Å²) in [7, 11) is 0. The second-order valence-corrected chi connectivity index (χ2v) is 6.67. The van der Waals surface area contributed by atoms with E-state index in [1.165, 1.54) is 41.6 Å². The summed E-state index contributed by atoms with van der Waals surface area (Å²) in [4.78, 5) is 3.77. The fraction of sp³-hybridized carbons (Fsp3) is 0.105. The van der Waals surface area contributed by atoms with Gasteiger partial charge in [0.1, 0.15) is 18.7 Å². The van der Waals surface area contributed by atoms with E-state index in [0.29, 0.717) is 5.69 Å². The first kappa shape index (κ1) is 20.7. The summed E-state index contributed by atoms with van der Waals surface area (Å²) in [6.07, 6.45) is -2.49. The van der Waals surface area contributed by atoms with Gasteiger partial charge < -0.3 is 5.11 Å². The predicted octanol–water partition coefficient (Wildman–Crippen LogP) is 4.25. The molecule has 0 unspecified atom stereocenters. The number of hydrogen-bond acceptors (Lipinski definition) is 4. The van der Waals surface area contributed by atoms with Gasteiger partial charge in [0.25, 0.3) is 0 Å². The molecule has 29 heavy (non-hydrogen) atoms. The number of aliphatic hydroxyl groups is 1. The SMILES string of the molecule is N#Cc1cc(C#C[C@](O)(c2cc(Cl)cc(Cl)c2)C(F)(F)F)ccc1-n1cncn1. The first-order valence-corrected chi connectivity index (χ1v) is 8.57. The number of benzene rings is 2. The van der Waals surface area contributed by atoms with Crippen molar-refractivity contribution in [1.82, 2.24) is 14.8 Å². The zero-order valence-electron chi connectivity index (χ0n) is 14.2. The summed E-state index contributed by atoms with van der Waals surface area (Å²) in [5.74, 6) is 4.12. The molecule has 0 saturated carbocycles. The molecule has 0 bridgehead atoms. The van der Waals surface area contributed by atoms with Gasteiger partial charge >= 0.3 is 6.18 Å². The average molecular weight is 437 g/mol. The van der Waals surface area contributed by atoms with Crippen LogP contribution in [0.2, 0.25) is 10.0 Å². The van der Waals surface area contributed by atoms with Crippen molar-refractivity contribution in [3.63, 3.8) is 0 Å². The average Bonchev–Trinajstić information content (AvgIpc) is 3.18. The molecule has 0 radical (unpaired) electrons. The normalized spacial score (nSPS) is 13.1. The largest absolute Gasteiger partial charge is 0.433 e. The maximum Gasteiger partial charge on any atom is 0.433 e. The number of nitrogens with zero attached hydrogens (tertiary/aromatic N) is 4. The maximum absolute atomic E-state index is 13.6. The molecular formula is C19H9Cl2F3N4O. The number of rotatable bonds is 2. The second-order valence-electron chi connectivity index (χ2n) is 5.80. The Bertz CT molecular complexity index is 1140. The van der Waals surface area contributed by atoms with Crippen LogP contribution in [0.4, 0.5) is 13.2 Å². The van der Waals surface area contributed by atoms with E-state index in [1.54, 1.807) is 0 Å². The molecule has 0 saturated heterocycles. The quantitative estimate of drug-likeness (QED) is 0.609. The molecule has 146 valence electrons. The van der Waals surface area contributed by atoms with Gasteiger partial charge in [0.15, 0.2) is 0 Å². The smallest absolute Gasteiger partial charge is 0.366 e. The Morgan fingerprint density at radius 3 is 2.31 bits per heavy atom. The van der Waals surface area contributed by atoms with Gasteiger partial charge in [0.05, 0.1) is 11.3 Å². The van der Waals surface area contributed by atoms with E-state index in [1.807, 2.05) is 12.0 Å². The van der Waals surface area contributed by atoms with Gasteiger partial charge in [0.2, 0.25) is 5.60 Å². The van der Waals surface area contributed by atoms with E-state index in [-0.39, 0.29) is 21.2 Å². The molecule has 0 fully saturated rings. The number of aromatic nitrogens is 3. The van der Waals surface area contributed by atoms with Crippen LogP contribution in [0.25, 0.3) is 5.69 Å². The zero-order chi connectivity index (χ0) is 21.2. The first-order chi connectivity index (χ1) is 13.6. The van der Waals surface area contributed by atoms with E-state index < -0.39 is 17.3 Å². The molecule has 5 nitrogen and oxygen atoms in total. The standard InChI is InChI=1S/C19H9Cl2F3N4O/c20-15-6-14(7-16(21)8-15)18(29,19(22,23)24)4-3-12-1-2-17(13(5-12)9-25)28-11-26-10-27-28/h1-2,5-8,10-11,29H/t18-/m0/s1. The molecule has 1 aromatic heterocycles. The lowest BCUT2D eigenvalue weighted by Gasteiger charge is -2.26. The lowest BCUT2D eigenvalue weighted by molar-refractivity contribution is -0.240. The summed E-state index contributed by atoms with van der Waals surface area (Å²) in [6.45, 7) is 0. The summed E-state index contributed by atoms with van der Waals surface area (Å²) in [5.41, 5.74) is -3.55. The Kier molecular flexibility index (Phi) is 5.54. The summed E-state index contributed by atoms with van der Waals surface area (Å²) < 4.78 is 42.3. The zero-order valence-corrected chi connectivity index (χ0v) is 15.8. The fourth-order valence-corrected chi connectivity index (χ4v) is 2.99. The van der Waals surface area contributed by atoms with Gasteiger partial charge in [-0.1, -0.05) is 29.1 Å². The van der Waals surface area contributed by atoms with Crippen LogP contribution in [0, 0.1) is 23.2 Å². The molecule has 10 heteroatoms. The van der Waals surface area contributed by atoms with Gasteiger partial charge in [-0.15, -0.1) is 0 Å². The Morgan fingerprint density at radius 1 is 1.07 bits per heavy atom. The Balaban J connectivity index is 2.08. The number of halogens is 5. The van der Waals surface area contributed by atoms with Crippen molar-refractivity contribution >= 4 is 23.2 Å². The van der Waals surface area contributed by atoms with Crippen LogP contribution in [-0.4, -0.2) is 26.0 Å². The Labute approximate surface area is 172 Å². The van der Waals surface area contributed by atoms with Gasteiger partial charge in [-0.3, -0.25) is 0 Å². The lowest BCUT2D eigenvalue weighted by Crippen LogP contribution is -2.41. The lowest BCUT2D eigenvalue weighted by atomic mass is 9.93. The van der Waals surface area contributed by atoms with E-state index in [4.69, 9.17) is 23.2 Å². The highest BCUT2D eigenvalue weighted by molar-refractivity contribution is 6.34. The van der Waals surface area contributed by atoms with Crippen LogP contribution in [0.1, 0.15) is 16.7 Å². The highest BCUT2D eigenvalue weighted by Crippen LogP contribution is 2.40. The molecule has 0 amide bonds. The molecule has 1 N–H and O–H groups in total. The third-order valence-electron chi connectivity index (χ3n) is 3.86. The van der Waals surface area contributed by atoms with Crippen molar-refractivity contribution in [2.75, 3.05) is 0 Å². The summed E-state index contributed by atoms with van der Waals surface area (Å²) in [5, 5.41) is 23.4. The highest BCUT2D eigenvalue weighted by atomic mass is 35.5. The molecule has 0 aliphatic heterocycles. The van der Waals surface area contributed by atoms with Crippen molar-refractivity contribution in [2.45, 2.75) is 11.8 Å². The minimum atomic E-state index is -5.13. The van der Waals surface area contributed by atoms with Gasteiger partial charge in [-0.05, 0) is 42.3 Å². The van der Waals surface area contributed by atoms with Crippen molar-refractivity contribution in [3.8, 4) is 23.6 Å². The summed E-state index contributed by atoms with van der Waals surface area (Å²) in [6, 6.07) is 9.16. The maximum atomic E-state index is 13.6. The third kappa shape index (κ3) is 4.20. The minimum Gasteiger partial charge on any atom is -0.366 e. The molecule has 2 aromatic carbocycles. The predicted molar refractivity (Wildman–Crippen MR) is 99.4 cm³/mol. The number of nitriles is 1. The van der Waals surface area contributed by atoms with Crippen LogP contribution in [-0.2, 0) is 5.60 Å². The molecule has 3 aromatic rings. The van der Waals surface area contributed by atoms with Crippen molar-refractivity contribution < 1.29 is 18.3 Å². The van der Waals surface area contributed by atoms with E-state index >= 15 is 0 Å². The van der Waals surface area contributed by atoms with Crippen molar-refractivity contribution in [1.29, 1.82) is 5.26 Å². The van der Waals surface area contributed by atoms with Gasteiger partial charge in [0, 0.05) is 21.2 Å². The van der Waals surface area contributed by atoms with Gasteiger partial charge in [-0.2, -0.15) is 23.5 Å².